The first-order valence-electron chi connectivity index (χ1n) is 15.2. The molecule has 1 atom stereocenters. The maximum atomic E-state index is 13.6. The summed E-state index contributed by atoms with van der Waals surface area (Å²) in [7, 11) is 1.95. The minimum absolute atomic E-state index is 0.113. The smallest absolute Gasteiger partial charge is 0.336 e. The van der Waals surface area contributed by atoms with Crippen LogP contribution in [0.2, 0.25) is 0 Å². The number of aromatic nitrogens is 1. The number of nitro benzene ring substituents is 1. The van der Waals surface area contributed by atoms with Crippen LogP contribution in [0.25, 0.3) is 6.08 Å². The largest absolute Gasteiger partial charge is 0.463 e. The van der Waals surface area contributed by atoms with Gasteiger partial charge < -0.3 is 14.8 Å². The number of dihydropyridines is 1. The molecule has 1 aromatic heterocycles. The van der Waals surface area contributed by atoms with Crippen molar-refractivity contribution in [1.29, 1.82) is 0 Å². The molecule has 0 saturated carbocycles. The Labute approximate surface area is 269 Å². The summed E-state index contributed by atoms with van der Waals surface area (Å²) in [6.07, 6.45) is 6.61. The zero-order valence-electron chi connectivity index (χ0n) is 26.9. The van der Waals surface area contributed by atoms with Gasteiger partial charge in [-0.3, -0.25) is 20.0 Å². The van der Waals surface area contributed by atoms with Crippen molar-refractivity contribution in [3.05, 3.63) is 134 Å². The first-order valence-corrected chi connectivity index (χ1v) is 15.2. The van der Waals surface area contributed by atoms with Crippen molar-refractivity contribution in [1.82, 2.24) is 15.2 Å². The maximum Gasteiger partial charge on any atom is 0.336 e. The van der Waals surface area contributed by atoms with Gasteiger partial charge in [0.2, 0.25) is 0 Å². The maximum absolute atomic E-state index is 13.6. The van der Waals surface area contributed by atoms with Crippen molar-refractivity contribution in [3.8, 4) is 0 Å². The number of benzene rings is 2. The minimum atomic E-state index is -0.897. The second-order valence-corrected chi connectivity index (χ2v) is 11.4. The van der Waals surface area contributed by atoms with Crippen LogP contribution in [0, 0.1) is 10.1 Å². The molecule has 10 heteroatoms. The normalized spacial score (nSPS) is 15.1. The molecule has 3 aromatic rings. The molecule has 0 saturated heterocycles. The standard InChI is InChI=1S/C36H40N4O6/c1-6-45-35(41)32-25(3)38-26(4)33(34(32)30-10-7-11-31(21-30)40(43)44)36(42)46-18-17-39(5)23-24(2)19-27-12-14-28(15-13-27)20-29-9-8-16-37-22-29/h7-16,19,21-22,34,38H,6,17-18,20,23H2,1-5H3. The summed E-state index contributed by atoms with van der Waals surface area (Å²) < 4.78 is 11.0. The fourth-order valence-corrected chi connectivity index (χ4v) is 5.57. The Bertz CT molecular complexity index is 1660. The van der Waals surface area contributed by atoms with Gasteiger partial charge in [-0.25, -0.2) is 9.59 Å². The van der Waals surface area contributed by atoms with Crippen LogP contribution < -0.4 is 5.32 Å². The summed E-state index contributed by atoms with van der Waals surface area (Å²) in [5, 5.41) is 14.6. The predicted octanol–water partition coefficient (Wildman–Crippen LogP) is 5.96. The zero-order valence-corrected chi connectivity index (χ0v) is 26.9. The van der Waals surface area contributed by atoms with Gasteiger partial charge >= 0.3 is 11.9 Å². The first-order chi connectivity index (χ1) is 22.1. The van der Waals surface area contributed by atoms with Crippen LogP contribution in [0.15, 0.2) is 101 Å². The third-order valence-corrected chi connectivity index (χ3v) is 7.64. The fraction of sp³-hybridized carbons (Fsp3) is 0.306. The van der Waals surface area contributed by atoms with Gasteiger partial charge in [-0.15, -0.1) is 0 Å². The summed E-state index contributed by atoms with van der Waals surface area (Å²) in [5.41, 5.74) is 6.35. The van der Waals surface area contributed by atoms with Crippen molar-refractivity contribution in [2.24, 2.45) is 0 Å². The number of hydrogen-bond donors (Lipinski definition) is 1. The number of rotatable bonds is 13. The van der Waals surface area contributed by atoms with E-state index in [0.717, 1.165) is 17.6 Å². The van der Waals surface area contributed by atoms with E-state index >= 15 is 0 Å². The second kappa shape index (κ2) is 15.8. The lowest BCUT2D eigenvalue weighted by molar-refractivity contribution is -0.384. The van der Waals surface area contributed by atoms with Gasteiger partial charge in [-0.05, 0) is 69.5 Å². The lowest BCUT2D eigenvalue weighted by Gasteiger charge is -2.30. The number of hydrogen-bond acceptors (Lipinski definition) is 9. The summed E-state index contributed by atoms with van der Waals surface area (Å²) >= 11 is 0. The Morgan fingerprint density at radius 2 is 1.70 bits per heavy atom. The lowest BCUT2D eigenvalue weighted by atomic mass is 9.80. The van der Waals surface area contributed by atoms with Gasteiger partial charge in [-0.1, -0.05) is 54.1 Å². The molecule has 1 unspecified atom stereocenters. The number of nitro groups is 1. The highest BCUT2D eigenvalue weighted by molar-refractivity contribution is 6.00. The summed E-state index contributed by atoms with van der Waals surface area (Å²) in [6.45, 7) is 8.58. The van der Waals surface area contributed by atoms with E-state index < -0.39 is 22.8 Å². The summed E-state index contributed by atoms with van der Waals surface area (Å²) in [5.74, 6) is -2.11. The number of nitrogens with one attached hydrogen (secondary N) is 1. The van der Waals surface area contributed by atoms with E-state index in [1.165, 1.54) is 29.3 Å². The Kier molecular flexibility index (Phi) is 11.6. The molecular weight excluding hydrogens is 584 g/mol. The second-order valence-electron chi connectivity index (χ2n) is 11.4. The van der Waals surface area contributed by atoms with Gasteiger partial charge in [0.05, 0.1) is 28.6 Å². The third-order valence-electron chi connectivity index (χ3n) is 7.64. The quantitative estimate of drug-likeness (QED) is 0.139. The number of likely N-dealkylation sites (N-methyl/N-ethyl adjacent to an activating group) is 1. The molecule has 10 nitrogen and oxygen atoms in total. The van der Waals surface area contributed by atoms with Crippen LogP contribution in [-0.2, 0) is 25.5 Å². The molecule has 1 aliphatic heterocycles. The molecule has 0 aliphatic carbocycles. The fourth-order valence-electron chi connectivity index (χ4n) is 5.57. The molecule has 1 aliphatic rings. The Balaban J connectivity index is 1.40. The molecule has 46 heavy (non-hydrogen) atoms. The van der Waals surface area contributed by atoms with Gasteiger partial charge in [0.1, 0.15) is 6.61 Å². The molecule has 0 fully saturated rings. The minimum Gasteiger partial charge on any atom is -0.463 e. The molecule has 2 aromatic carbocycles. The van der Waals surface area contributed by atoms with Crippen LogP contribution in [0.3, 0.4) is 0 Å². The van der Waals surface area contributed by atoms with Crippen molar-refractivity contribution < 1.29 is 24.0 Å². The molecular formula is C36H40N4O6. The van der Waals surface area contributed by atoms with E-state index in [2.05, 4.69) is 58.5 Å². The number of non-ortho nitro benzene ring substituents is 1. The van der Waals surface area contributed by atoms with Gasteiger partial charge in [0.25, 0.3) is 5.69 Å². The monoisotopic (exact) mass is 624 g/mol. The van der Waals surface area contributed by atoms with E-state index in [0.29, 0.717) is 30.0 Å². The van der Waals surface area contributed by atoms with E-state index in [-0.39, 0.29) is 30.0 Å². The van der Waals surface area contributed by atoms with Gasteiger partial charge in [-0.2, -0.15) is 0 Å². The zero-order chi connectivity index (χ0) is 33.2. The molecule has 240 valence electrons. The van der Waals surface area contributed by atoms with Crippen molar-refractivity contribution in [2.75, 3.05) is 33.4 Å². The Hall–Kier alpha value is -5.09. The highest BCUT2D eigenvalue weighted by Gasteiger charge is 2.38. The Morgan fingerprint density at radius 3 is 2.33 bits per heavy atom. The van der Waals surface area contributed by atoms with E-state index in [4.69, 9.17) is 9.47 Å². The Morgan fingerprint density at radius 1 is 1.00 bits per heavy atom. The number of carbonyl (C=O) groups is 2. The van der Waals surface area contributed by atoms with Crippen LogP contribution >= 0.6 is 0 Å². The highest BCUT2D eigenvalue weighted by atomic mass is 16.6. The first kappa shape index (κ1) is 33.8. The molecule has 4 rings (SSSR count). The summed E-state index contributed by atoms with van der Waals surface area (Å²) in [6, 6.07) is 18.4. The number of allylic oxidation sites excluding steroid dienone is 2. The highest BCUT2D eigenvalue weighted by Crippen LogP contribution is 2.40. The summed E-state index contributed by atoms with van der Waals surface area (Å²) in [4.78, 5) is 43.9. The van der Waals surface area contributed by atoms with Crippen LogP contribution in [0.4, 0.5) is 5.69 Å². The molecule has 0 amide bonds. The third kappa shape index (κ3) is 8.76. The molecule has 0 spiro atoms. The van der Waals surface area contributed by atoms with E-state index in [9.17, 15) is 19.7 Å². The lowest BCUT2D eigenvalue weighted by Crippen LogP contribution is -2.33. The number of nitrogens with zero attached hydrogens (tertiary/aromatic N) is 3. The van der Waals surface area contributed by atoms with E-state index in [1.807, 2.05) is 19.3 Å². The number of ether oxygens (including phenoxy) is 2. The van der Waals surface area contributed by atoms with E-state index in [1.54, 1.807) is 33.0 Å². The number of carbonyl (C=O) groups excluding carboxylic acids is 2. The molecule has 2 heterocycles. The van der Waals surface area contributed by atoms with Crippen molar-refractivity contribution in [2.45, 2.75) is 40.0 Å². The van der Waals surface area contributed by atoms with Crippen molar-refractivity contribution in [3.63, 3.8) is 0 Å². The number of esters is 2. The molecule has 1 N–H and O–H groups in total. The number of pyridine rings is 1. The average molecular weight is 625 g/mol. The SMILES string of the molecule is CCOC(=O)C1=C(C)NC(C)=C(C(=O)OCCN(C)CC(C)=Cc2ccc(Cc3cccnc3)cc2)C1c1cccc([N+](=O)[O-])c1. The van der Waals surface area contributed by atoms with Crippen LogP contribution in [0.5, 0.6) is 0 Å². The average Bonchev–Trinajstić information content (AvgIpc) is 3.02. The topological polar surface area (TPSA) is 124 Å². The van der Waals surface area contributed by atoms with Gasteiger partial charge in [0.15, 0.2) is 0 Å². The van der Waals surface area contributed by atoms with Crippen LogP contribution in [0.1, 0.15) is 55.9 Å². The molecule has 0 bridgehead atoms. The van der Waals surface area contributed by atoms with Crippen LogP contribution in [-0.4, -0.2) is 60.1 Å². The van der Waals surface area contributed by atoms with Gasteiger partial charge in [0, 0.05) is 49.0 Å². The van der Waals surface area contributed by atoms with Crippen molar-refractivity contribution >= 4 is 23.7 Å². The predicted molar refractivity (Wildman–Crippen MR) is 177 cm³/mol. The molecule has 0 radical (unpaired) electrons.